The van der Waals surface area contributed by atoms with Crippen molar-refractivity contribution in [2.45, 2.75) is 79.3 Å². The molecule has 0 radical (unpaired) electrons. The Morgan fingerprint density at radius 2 is 1.85 bits per heavy atom. The minimum absolute atomic E-state index is 0.0855. The second-order valence-electron chi connectivity index (χ2n) is 10.4. The highest BCUT2D eigenvalue weighted by Gasteiger charge is 2.38. The van der Waals surface area contributed by atoms with Crippen LogP contribution in [-0.4, -0.2) is 22.7 Å². The SMILES string of the molecule is Cc1ccc(N=C2NC(=O)/C(=C/c3cc4c(cc3C)N(C(C)C)C(C)(C)C[C@@H]4C)S2)cc1C. The molecule has 0 unspecified atom stereocenters. The Morgan fingerprint density at radius 3 is 2.52 bits per heavy atom. The molecule has 1 atom stereocenters. The predicted octanol–water partition coefficient (Wildman–Crippen LogP) is 7.00. The third kappa shape index (κ3) is 4.61. The van der Waals surface area contributed by atoms with Gasteiger partial charge < -0.3 is 10.2 Å². The number of nitrogens with zero attached hydrogens (tertiary/aromatic N) is 2. The van der Waals surface area contributed by atoms with E-state index in [0.29, 0.717) is 22.0 Å². The topological polar surface area (TPSA) is 44.7 Å². The molecule has 0 spiro atoms. The van der Waals surface area contributed by atoms with E-state index in [1.807, 2.05) is 18.2 Å². The van der Waals surface area contributed by atoms with E-state index in [2.05, 4.69) is 88.8 Å². The van der Waals surface area contributed by atoms with Crippen LogP contribution in [0.4, 0.5) is 11.4 Å². The Kier molecular flexibility index (Phi) is 6.21. The number of fused-ring (bicyclic) bond motifs is 1. The summed E-state index contributed by atoms with van der Waals surface area (Å²) >= 11 is 1.41. The molecular weight excluding hydrogens is 426 g/mol. The van der Waals surface area contributed by atoms with Crippen molar-refractivity contribution < 1.29 is 4.79 Å². The maximum Gasteiger partial charge on any atom is 0.264 e. The van der Waals surface area contributed by atoms with E-state index in [9.17, 15) is 4.79 Å². The van der Waals surface area contributed by atoms with Gasteiger partial charge in [0.1, 0.15) is 0 Å². The van der Waals surface area contributed by atoms with E-state index in [-0.39, 0.29) is 11.4 Å². The van der Waals surface area contributed by atoms with E-state index >= 15 is 0 Å². The molecule has 2 heterocycles. The summed E-state index contributed by atoms with van der Waals surface area (Å²) in [5, 5.41) is 3.56. The van der Waals surface area contributed by atoms with E-state index in [1.165, 1.54) is 39.7 Å². The zero-order chi connectivity index (χ0) is 24.1. The number of benzene rings is 2. The highest BCUT2D eigenvalue weighted by molar-refractivity contribution is 8.18. The van der Waals surface area contributed by atoms with Crippen LogP contribution in [0, 0.1) is 20.8 Å². The van der Waals surface area contributed by atoms with Crippen LogP contribution >= 0.6 is 11.8 Å². The van der Waals surface area contributed by atoms with Gasteiger partial charge in [0.25, 0.3) is 5.91 Å². The average Bonchev–Trinajstić information content (AvgIpc) is 3.03. The van der Waals surface area contributed by atoms with Gasteiger partial charge in [-0.2, -0.15) is 0 Å². The monoisotopic (exact) mass is 461 g/mol. The third-order valence-corrected chi connectivity index (χ3v) is 7.75. The number of aryl methyl sites for hydroxylation is 3. The zero-order valence-corrected chi connectivity index (χ0v) is 21.9. The first-order valence-corrected chi connectivity index (χ1v) is 12.6. The summed E-state index contributed by atoms with van der Waals surface area (Å²) < 4.78 is 0. The molecule has 2 aromatic rings. The van der Waals surface area contributed by atoms with Crippen LogP contribution in [0.25, 0.3) is 6.08 Å². The minimum Gasteiger partial charge on any atom is -0.364 e. The fraction of sp³-hybridized carbons (Fsp3) is 0.429. The van der Waals surface area contributed by atoms with Gasteiger partial charge >= 0.3 is 0 Å². The normalized spacial score (nSPS) is 22.3. The Labute approximate surface area is 202 Å². The molecule has 1 amide bonds. The summed E-state index contributed by atoms with van der Waals surface area (Å²) in [4.78, 5) is 20.6. The number of hydrogen-bond donors (Lipinski definition) is 1. The summed E-state index contributed by atoms with van der Waals surface area (Å²) in [5.41, 5.74) is 8.39. The standard InChI is InChI=1S/C28H35N3OS/c1-16(2)31-24-12-19(5)21(13-23(24)20(6)15-28(31,7)8)14-25-26(32)30-27(33-25)29-22-10-9-17(3)18(4)11-22/h9-14,16,20H,15H2,1-8H3,(H,29,30,32)/b25-14-/t20-/m0/s1. The van der Waals surface area contributed by atoms with E-state index in [1.54, 1.807) is 0 Å². The quantitative estimate of drug-likeness (QED) is 0.500. The molecule has 174 valence electrons. The predicted molar refractivity (Wildman–Crippen MR) is 143 cm³/mol. The first-order chi connectivity index (χ1) is 15.5. The second kappa shape index (κ2) is 8.68. The Bertz CT molecular complexity index is 1180. The molecule has 2 aliphatic heterocycles. The van der Waals surface area contributed by atoms with Crippen molar-refractivity contribution in [1.82, 2.24) is 5.32 Å². The number of amides is 1. The minimum atomic E-state index is -0.0855. The van der Waals surface area contributed by atoms with Crippen LogP contribution in [0.5, 0.6) is 0 Å². The molecule has 1 N–H and O–H groups in total. The highest BCUT2D eigenvalue weighted by Crippen LogP contribution is 2.45. The summed E-state index contributed by atoms with van der Waals surface area (Å²) in [6.45, 7) is 17.8. The highest BCUT2D eigenvalue weighted by atomic mass is 32.2. The average molecular weight is 462 g/mol. The number of anilines is 1. The molecular formula is C28H35N3OS. The Morgan fingerprint density at radius 1 is 1.12 bits per heavy atom. The second-order valence-corrected chi connectivity index (χ2v) is 11.4. The lowest BCUT2D eigenvalue weighted by Crippen LogP contribution is -2.51. The Hall–Kier alpha value is -2.53. The lowest BCUT2D eigenvalue weighted by atomic mass is 9.78. The first-order valence-electron chi connectivity index (χ1n) is 11.8. The number of hydrogen-bond acceptors (Lipinski definition) is 4. The largest absolute Gasteiger partial charge is 0.364 e. The number of nitrogens with one attached hydrogen (secondary N) is 1. The fourth-order valence-electron chi connectivity index (χ4n) is 5.28. The molecule has 0 bridgehead atoms. The molecule has 0 aliphatic carbocycles. The number of rotatable bonds is 3. The van der Waals surface area contributed by atoms with Crippen LogP contribution in [0.3, 0.4) is 0 Å². The van der Waals surface area contributed by atoms with Crippen LogP contribution in [0.2, 0.25) is 0 Å². The summed E-state index contributed by atoms with van der Waals surface area (Å²) in [7, 11) is 0. The molecule has 4 nitrogen and oxygen atoms in total. The molecule has 4 rings (SSSR count). The number of thioether (sulfide) groups is 1. The summed E-state index contributed by atoms with van der Waals surface area (Å²) in [6.07, 6.45) is 3.13. The van der Waals surface area contributed by atoms with Gasteiger partial charge in [-0.3, -0.25) is 4.79 Å². The summed E-state index contributed by atoms with van der Waals surface area (Å²) in [6, 6.07) is 11.1. The van der Waals surface area contributed by atoms with Gasteiger partial charge in [-0.05, 0) is 131 Å². The van der Waals surface area contributed by atoms with Gasteiger partial charge in [0, 0.05) is 17.3 Å². The summed E-state index contributed by atoms with van der Waals surface area (Å²) in [5.74, 6) is 0.382. The van der Waals surface area contributed by atoms with Gasteiger partial charge in [0.15, 0.2) is 5.17 Å². The van der Waals surface area contributed by atoms with Gasteiger partial charge in [0.2, 0.25) is 0 Å². The molecule has 1 saturated heterocycles. The van der Waals surface area contributed by atoms with Crippen molar-refractivity contribution in [3.63, 3.8) is 0 Å². The van der Waals surface area contributed by atoms with E-state index in [0.717, 1.165) is 17.7 Å². The van der Waals surface area contributed by atoms with Crippen molar-refractivity contribution >= 4 is 40.3 Å². The van der Waals surface area contributed by atoms with Crippen LogP contribution in [0.1, 0.15) is 74.8 Å². The number of amidine groups is 1. The maximum atomic E-state index is 12.7. The lowest BCUT2D eigenvalue weighted by molar-refractivity contribution is -0.115. The van der Waals surface area contributed by atoms with Crippen molar-refractivity contribution in [2.24, 2.45) is 4.99 Å². The molecule has 2 aromatic carbocycles. The van der Waals surface area contributed by atoms with Gasteiger partial charge in [-0.25, -0.2) is 4.99 Å². The van der Waals surface area contributed by atoms with Crippen LogP contribution in [-0.2, 0) is 4.79 Å². The zero-order valence-electron chi connectivity index (χ0n) is 21.0. The number of carbonyl (C=O) groups excluding carboxylic acids is 1. The number of aliphatic imine (C=N–C) groups is 1. The molecule has 5 heteroatoms. The molecule has 2 aliphatic rings. The Balaban J connectivity index is 1.67. The van der Waals surface area contributed by atoms with Crippen molar-refractivity contribution in [3.05, 3.63) is 63.1 Å². The van der Waals surface area contributed by atoms with Crippen molar-refractivity contribution in [2.75, 3.05) is 4.90 Å². The fourth-order valence-corrected chi connectivity index (χ4v) is 6.11. The van der Waals surface area contributed by atoms with Gasteiger partial charge in [0.05, 0.1) is 10.6 Å². The van der Waals surface area contributed by atoms with Crippen LogP contribution in [0.15, 0.2) is 40.2 Å². The molecule has 0 aromatic heterocycles. The van der Waals surface area contributed by atoms with Gasteiger partial charge in [-0.15, -0.1) is 0 Å². The van der Waals surface area contributed by atoms with E-state index in [4.69, 9.17) is 0 Å². The molecule has 1 fully saturated rings. The van der Waals surface area contributed by atoms with Gasteiger partial charge in [-0.1, -0.05) is 13.0 Å². The molecule has 0 saturated carbocycles. The molecule has 33 heavy (non-hydrogen) atoms. The number of carbonyl (C=O) groups is 1. The van der Waals surface area contributed by atoms with E-state index < -0.39 is 0 Å². The van der Waals surface area contributed by atoms with Crippen molar-refractivity contribution in [1.29, 1.82) is 0 Å². The van der Waals surface area contributed by atoms with Crippen molar-refractivity contribution in [3.8, 4) is 0 Å². The third-order valence-electron chi connectivity index (χ3n) is 6.84. The first kappa shape index (κ1) is 23.6. The van der Waals surface area contributed by atoms with Crippen LogP contribution < -0.4 is 10.2 Å². The smallest absolute Gasteiger partial charge is 0.264 e. The maximum absolute atomic E-state index is 12.7. The lowest BCUT2D eigenvalue weighted by Gasteiger charge is -2.50.